The van der Waals surface area contributed by atoms with E-state index in [1.807, 2.05) is 13.8 Å². The molecular formula is C14H18O3. The standard InChI is InChI=1S/C14H18O3/c1-8(2)14-10(11(15)17-12(14)16)9-4-6-13(14,3)7-5-9/h8H,4-7H2,1-3H3. The van der Waals surface area contributed by atoms with Gasteiger partial charge in [0.05, 0.1) is 5.57 Å². The fourth-order valence-corrected chi connectivity index (χ4v) is 4.42. The molecule has 3 nitrogen and oxygen atoms in total. The van der Waals surface area contributed by atoms with E-state index < -0.39 is 5.41 Å². The molecule has 1 atom stereocenters. The molecule has 2 bridgehead atoms. The van der Waals surface area contributed by atoms with Crippen LogP contribution in [0.3, 0.4) is 0 Å². The molecule has 0 spiro atoms. The Morgan fingerprint density at radius 2 is 1.76 bits per heavy atom. The van der Waals surface area contributed by atoms with Gasteiger partial charge in [0.25, 0.3) is 0 Å². The molecular weight excluding hydrogens is 216 g/mol. The topological polar surface area (TPSA) is 43.4 Å². The Bertz CT molecular complexity index is 448. The highest BCUT2D eigenvalue weighted by atomic mass is 16.6. The Balaban J connectivity index is 2.34. The van der Waals surface area contributed by atoms with Crippen LogP contribution in [0.15, 0.2) is 11.1 Å². The van der Waals surface area contributed by atoms with Gasteiger partial charge in [0.15, 0.2) is 0 Å². The number of allylic oxidation sites excluding steroid dienone is 1. The summed E-state index contributed by atoms with van der Waals surface area (Å²) >= 11 is 0. The quantitative estimate of drug-likeness (QED) is 0.517. The lowest BCUT2D eigenvalue weighted by atomic mass is 9.46. The molecule has 3 heteroatoms. The summed E-state index contributed by atoms with van der Waals surface area (Å²) < 4.78 is 4.98. The Labute approximate surface area is 101 Å². The van der Waals surface area contributed by atoms with Crippen molar-refractivity contribution in [3.05, 3.63) is 11.1 Å². The molecule has 0 aromatic carbocycles. The highest BCUT2D eigenvalue weighted by Crippen LogP contribution is 2.66. The van der Waals surface area contributed by atoms with Crippen molar-refractivity contribution >= 4 is 11.9 Å². The molecule has 3 aliphatic carbocycles. The van der Waals surface area contributed by atoms with Crippen molar-refractivity contribution in [3.63, 3.8) is 0 Å². The first-order chi connectivity index (χ1) is 7.93. The second kappa shape index (κ2) is 3.01. The van der Waals surface area contributed by atoms with Crippen molar-refractivity contribution in [1.29, 1.82) is 0 Å². The third-order valence-corrected chi connectivity index (χ3v) is 5.23. The second-order valence-electron chi connectivity index (χ2n) is 6.18. The smallest absolute Gasteiger partial charge is 0.342 e. The summed E-state index contributed by atoms with van der Waals surface area (Å²) in [5.41, 5.74) is 1.15. The number of hydrogen-bond acceptors (Lipinski definition) is 3. The monoisotopic (exact) mass is 234 g/mol. The van der Waals surface area contributed by atoms with Crippen LogP contribution in [0, 0.1) is 16.7 Å². The third kappa shape index (κ3) is 0.992. The maximum atomic E-state index is 12.3. The van der Waals surface area contributed by atoms with Gasteiger partial charge in [-0.1, -0.05) is 26.3 Å². The van der Waals surface area contributed by atoms with E-state index in [1.165, 1.54) is 5.57 Å². The van der Waals surface area contributed by atoms with E-state index in [4.69, 9.17) is 4.74 Å². The summed E-state index contributed by atoms with van der Waals surface area (Å²) in [4.78, 5) is 24.3. The predicted octanol–water partition coefficient (Wildman–Crippen LogP) is 2.60. The van der Waals surface area contributed by atoms with Gasteiger partial charge in [-0.2, -0.15) is 0 Å². The molecule has 17 heavy (non-hydrogen) atoms. The molecule has 0 amide bonds. The van der Waals surface area contributed by atoms with Crippen molar-refractivity contribution < 1.29 is 14.3 Å². The SMILES string of the molecule is CC(C)C12C(=O)OC(=O)C1=C1CCC2(C)CC1. The lowest BCUT2D eigenvalue weighted by Gasteiger charge is -2.53. The summed E-state index contributed by atoms with van der Waals surface area (Å²) in [5, 5.41) is 0. The van der Waals surface area contributed by atoms with E-state index in [2.05, 4.69) is 6.92 Å². The second-order valence-corrected chi connectivity index (χ2v) is 6.18. The molecule has 1 heterocycles. The average Bonchev–Trinajstić information content (AvgIpc) is 2.54. The maximum absolute atomic E-state index is 12.3. The molecule has 0 aromatic heterocycles. The lowest BCUT2D eigenvalue weighted by molar-refractivity contribution is -0.161. The molecule has 0 N–H and O–H groups in total. The zero-order valence-electron chi connectivity index (χ0n) is 10.6. The van der Waals surface area contributed by atoms with E-state index in [0.29, 0.717) is 0 Å². The minimum absolute atomic E-state index is 0.0957. The normalized spacial score (nSPS) is 40.0. The van der Waals surface area contributed by atoms with Crippen LogP contribution in [-0.4, -0.2) is 11.9 Å². The van der Waals surface area contributed by atoms with Gasteiger partial charge < -0.3 is 4.74 Å². The molecule has 4 rings (SSSR count). The molecule has 2 fully saturated rings. The first-order valence-corrected chi connectivity index (χ1v) is 6.42. The molecule has 0 radical (unpaired) electrons. The minimum Gasteiger partial charge on any atom is -0.389 e. The first kappa shape index (κ1) is 11.0. The molecule has 1 saturated heterocycles. The fraction of sp³-hybridized carbons (Fsp3) is 0.714. The third-order valence-electron chi connectivity index (χ3n) is 5.23. The van der Waals surface area contributed by atoms with Crippen LogP contribution in [0.2, 0.25) is 0 Å². The molecule has 4 aliphatic rings. The van der Waals surface area contributed by atoms with Crippen molar-refractivity contribution in [2.45, 2.75) is 46.5 Å². The Morgan fingerprint density at radius 1 is 1.18 bits per heavy atom. The van der Waals surface area contributed by atoms with E-state index >= 15 is 0 Å². The van der Waals surface area contributed by atoms with Gasteiger partial charge in [-0.25, -0.2) is 4.79 Å². The molecule has 1 unspecified atom stereocenters. The number of rotatable bonds is 1. The van der Waals surface area contributed by atoms with Crippen LogP contribution in [0.5, 0.6) is 0 Å². The molecule has 1 saturated carbocycles. The van der Waals surface area contributed by atoms with Crippen LogP contribution in [0.25, 0.3) is 0 Å². The predicted molar refractivity (Wildman–Crippen MR) is 62.0 cm³/mol. The first-order valence-electron chi connectivity index (χ1n) is 6.42. The minimum atomic E-state index is -0.657. The number of carbonyl (C=O) groups excluding carboxylic acids is 2. The Morgan fingerprint density at radius 3 is 2.24 bits per heavy atom. The van der Waals surface area contributed by atoms with Crippen molar-refractivity contribution in [3.8, 4) is 0 Å². The van der Waals surface area contributed by atoms with Crippen LogP contribution in [0.1, 0.15) is 46.5 Å². The van der Waals surface area contributed by atoms with Crippen molar-refractivity contribution in [2.24, 2.45) is 16.7 Å². The largest absolute Gasteiger partial charge is 0.389 e. The van der Waals surface area contributed by atoms with Crippen LogP contribution >= 0.6 is 0 Å². The molecule has 92 valence electrons. The molecule has 1 aliphatic heterocycles. The number of esters is 2. The summed E-state index contributed by atoms with van der Waals surface area (Å²) in [6, 6.07) is 0. The van der Waals surface area contributed by atoms with E-state index in [9.17, 15) is 9.59 Å². The number of fused-ring (bicyclic) bond motifs is 2. The van der Waals surface area contributed by atoms with Gasteiger partial charge in [-0.3, -0.25) is 4.79 Å². The highest BCUT2D eigenvalue weighted by Gasteiger charge is 2.68. The summed E-state index contributed by atoms with van der Waals surface area (Å²) in [6.45, 7) is 6.22. The lowest BCUT2D eigenvalue weighted by Crippen LogP contribution is -2.53. The molecule has 0 aromatic rings. The Kier molecular flexibility index (Phi) is 1.94. The van der Waals surface area contributed by atoms with Gasteiger partial charge in [0, 0.05) is 0 Å². The highest BCUT2D eigenvalue weighted by molar-refractivity contribution is 6.11. The Hall–Kier alpha value is -1.12. The van der Waals surface area contributed by atoms with Gasteiger partial charge in [0.2, 0.25) is 0 Å². The number of cyclic esters (lactones) is 2. The van der Waals surface area contributed by atoms with Gasteiger partial charge in [0.1, 0.15) is 5.41 Å². The summed E-state index contributed by atoms with van der Waals surface area (Å²) in [7, 11) is 0. The van der Waals surface area contributed by atoms with E-state index in [0.717, 1.165) is 31.3 Å². The zero-order valence-corrected chi connectivity index (χ0v) is 10.6. The summed E-state index contributed by atoms with van der Waals surface area (Å²) in [5.74, 6) is -0.548. The summed E-state index contributed by atoms with van der Waals surface area (Å²) in [6.07, 6.45) is 3.93. The van der Waals surface area contributed by atoms with Crippen molar-refractivity contribution in [1.82, 2.24) is 0 Å². The average molecular weight is 234 g/mol. The van der Waals surface area contributed by atoms with Crippen LogP contribution < -0.4 is 0 Å². The van der Waals surface area contributed by atoms with Gasteiger partial charge in [-0.15, -0.1) is 0 Å². The maximum Gasteiger partial charge on any atom is 0.342 e. The van der Waals surface area contributed by atoms with E-state index in [-0.39, 0.29) is 23.3 Å². The van der Waals surface area contributed by atoms with E-state index in [1.54, 1.807) is 0 Å². The van der Waals surface area contributed by atoms with Crippen LogP contribution in [0.4, 0.5) is 0 Å². The number of hydrogen-bond donors (Lipinski definition) is 0. The van der Waals surface area contributed by atoms with Gasteiger partial charge >= 0.3 is 11.9 Å². The van der Waals surface area contributed by atoms with Crippen LogP contribution in [-0.2, 0) is 14.3 Å². The zero-order chi connectivity index (χ0) is 12.4. The van der Waals surface area contributed by atoms with Gasteiger partial charge in [-0.05, 0) is 37.0 Å². The fourth-order valence-electron chi connectivity index (χ4n) is 4.42. The van der Waals surface area contributed by atoms with Crippen molar-refractivity contribution in [2.75, 3.05) is 0 Å². The number of ether oxygens (including phenoxy) is 1. The number of carbonyl (C=O) groups is 2.